The number of fused-ring (bicyclic) bond motifs is 1. The third-order valence-corrected chi connectivity index (χ3v) is 5.22. The molecule has 1 aromatic rings. The van der Waals surface area contributed by atoms with Crippen molar-refractivity contribution in [2.45, 2.75) is 13.0 Å². The first kappa shape index (κ1) is 15.1. The highest BCUT2D eigenvalue weighted by Crippen LogP contribution is 2.33. The Morgan fingerprint density at radius 1 is 1.20 bits per heavy atom. The molecular formula is C13H19NO5S. The Hall–Kier alpha value is -1.31. The molecule has 1 aliphatic rings. The zero-order chi connectivity index (χ0) is 14.8. The number of sulfonamides is 1. The van der Waals surface area contributed by atoms with E-state index >= 15 is 0 Å². The quantitative estimate of drug-likeness (QED) is 0.851. The fraction of sp³-hybridized carbons (Fsp3) is 0.538. The molecule has 0 aliphatic carbocycles. The van der Waals surface area contributed by atoms with Crippen LogP contribution in [0.5, 0.6) is 11.5 Å². The van der Waals surface area contributed by atoms with Crippen molar-refractivity contribution in [1.29, 1.82) is 0 Å². The molecular weight excluding hydrogens is 282 g/mol. The van der Waals surface area contributed by atoms with Gasteiger partial charge in [0.1, 0.15) is 0 Å². The van der Waals surface area contributed by atoms with Crippen molar-refractivity contribution in [3.63, 3.8) is 0 Å². The van der Waals surface area contributed by atoms with E-state index in [2.05, 4.69) is 0 Å². The minimum atomic E-state index is -3.40. The van der Waals surface area contributed by atoms with Gasteiger partial charge in [-0.15, -0.1) is 0 Å². The molecule has 1 aromatic carbocycles. The van der Waals surface area contributed by atoms with Gasteiger partial charge in [0.15, 0.2) is 11.5 Å². The predicted molar refractivity (Wildman–Crippen MR) is 74.5 cm³/mol. The Morgan fingerprint density at radius 3 is 2.35 bits per heavy atom. The van der Waals surface area contributed by atoms with Gasteiger partial charge >= 0.3 is 0 Å². The molecule has 7 heteroatoms. The third-order valence-electron chi connectivity index (χ3n) is 3.43. The van der Waals surface area contributed by atoms with Crippen LogP contribution >= 0.6 is 0 Å². The normalized spacial score (nSPS) is 15.8. The summed E-state index contributed by atoms with van der Waals surface area (Å²) in [6.45, 7) is 0.362. The van der Waals surface area contributed by atoms with E-state index < -0.39 is 10.0 Å². The molecule has 0 bridgehead atoms. The zero-order valence-electron chi connectivity index (χ0n) is 11.6. The molecule has 1 heterocycles. The van der Waals surface area contributed by atoms with Crippen molar-refractivity contribution in [2.24, 2.45) is 0 Å². The van der Waals surface area contributed by atoms with Crippen molar-refractivity contribution in [1.82, 2.24) is 4.31 Å². The molecule has 1 aliphatic heterocycles. The second-order valence-electron chi connectivity index (χ2n) is 4.60. The third kappa shape index (κ3) is 2.89. The van der Waals surface area contributed by atoms with Crippen molar-refractivity contribution >= 4 is 10.0 Å². The predicted octanol–water partition coefficient (Wildman–Crippen LogP) is 0.384. The van der Waals surface area contributed by atoms with Crippen LogP contribution in [0.2, 0.25) is 0 Å². The van der Waals surface area contributed by atoms with Gasteiger partial charge < -0.3 is 14.6 Å². The van der Waals surface area contributed by atoms with Gasteiger partial charge in [0.2, 0.25) is 10.0 Å². The summed E-state index contributed by atoms with van der Waals surface area (Å²) < 4.78 is 35.8. The molecule has 112 valence electrons. The monoisotopic (exact) mass is 301 g/mol. The molecule has 0 amide bonds. The number of aliphatic hydroxyl groups excluding tert-OH is 1. The lowest BCUT2D eigenvalue weighted by Crippen LogP contribution is -2.38. The number of hydrogen-bond acceptors (Lipinski definition) is 5. The summed E-state index contributed by atoms with van der Waals surface area (Å²) in [6, 6.07) is 3.71. The molecule has 0 radical (unpaired) electrons. The molecule has 0 fully saturated rings. The number of aliphatic hydroxyl groups is 1. The number of ether oxygens (including phenoxy) is 2. The minimum absolute atomic E-state index is 0.240. The van der Waals surface area contributed by atoms with E-state index in [4.69, 9.17) is 14.6 Å². The topological polar surface area (TPSA) is 76.1 Å². The molecule has 0 aromatic heterocycles. The molecule has 6 nitrogen and oxygen atoms in total. The summed E-state index contributed by atoms with van der Waals surface area (Å²) in [6.07, 6.45) is 0.625. The fourth-order valence-corrected chi connectivity index (χ4v) is 3.53. The van der Waals surface area contributed by atoms with Crippen LogP contribution in [-0.4, -0.2) is 51.0 Å². The van der Waals surface area contributed by atoms with Crippen molar-refractivity contribution in [3.8, 4) is 11.5 Å². The Kier molecular flexibility index (Phi) is 4.52. The largest absolute Gasteiger partial charge is 0.493 e. The lowest BCUT2D eigenvalue weighted by molar-refractivity contribution is 0.312. The average Bonchev–Trinajstić information content (AvgIpc) is 2.45. The van der Waals surface area contributed by atoms with E-state index in [1.807, 2.05) is 12.1 Å². The maximum Gasteiger partial charge on any atom is 0.216 e. The van der Waals surface area contributed by atoms with E-state index in [1.165, 1.54) is 4.31 Å². The summed E-state index contributed by atoms with van der Waals surface area (Å²) in [5, 5.41) is 8.84. The molecule has 1 N–H and O–H groups in total. The van der Waals surface area contributed by atoms with Crippen LogP contribution in [0.4, 0.5) is 0 Å². The SMILES string of the molecule is COc1cc2c(cc1OC)CN(S(=O)(=O)CCO)CC2. The Balaban J connectivity index is 2.30. The van der Waals surface area contributed by atoms with E-state index in [1.54, 1.807) is 14.2 Å². The Bertz CT molecular complexity index is 585. The van der Waals surface area contributed by atoms with Gasteiger partial charge in [-0.2, -0.15) is 4.31 Å². The number of methoxy groups -OCH3 is 2. The van der Waals surface area contributed by atoms with Crippen molar-refractivity contribution < 1.29 is 23.0 Å². The van der Waals surface area contributed by atoms with E-state index in [0.717, 1.165) is 11.1 Å². The number of hydrogen-bond donors (Lipinski definition) is 1. The Labute approximate surface area is 119 Å². The van der Waals surface area contributed by atoms with Gasteiger partial charge in [0, 0.05) is 13.1 Å². The highest BCUT2D eigenvalue weighted by atomic mass is 32.2. The summed E-state index contributed by atoms with van der Waals surface area (Å²) in [7, 11) is -0.277. The van der Waals surface area contributed by atoms with Crippen molar-refractivity contribution in [3.05, 3.63) is 23.3 Å². The molecule has 0 saturated carbocycles. The van der Waals surface area contributed by atoms with Crippen LogP contribution in [0.1, 0.15) is 11.1 Å². The molecule has 20 heavy (non-hydrogen) atoms. The lowest BCUT2D eigenvalue weighted by Gasteiger charge is -2.28. The first-order valence-electron chi connectivity index (χ1n) is 6.34. The van der Waals surface area contributed by atoms with Crippen LogP contribution in [0, 0.1) is 0 Å². The maximum atomic E-state index is 12.0. The van der Waals surface area contributed by atoms with Crippen LogP contribution in [0.15, 0.2) is 12.1 Å². The zero-order valence-corrected chi connectivity index (χ0v) is 12.4. The number of rotatable bonds is 5. The molecule has 0 spiro atoms. The number of nitrogens with zero attached hydrogens (tertiary/aromatic N) is 1. The number of benzene rings is 1. The molecule has 0 atom stereocenters. The lowest BCUT2D eigenvalue weighted by atomic mass is 10.0. The highest BCUT2D eigenvalue weighted by molar-refractivity contribution is 7.89. The van der Waals surface area contributed by atoms with Gasteiger partial charge in [-0.25, -0.2) is 8.42 Å². The van der Waals surface area contributed by atoms with E-state index in [9.17, 15) is 8.42 Å². The van der Waals surface area contributed by atoms with E-state index in [-0.39, 0.29) is 12.4 Å². The highest BCUT2D eigenvalue weighted by Gasteiger charge is 2.27. The van der Waals surface area contributed by atoms with Crippen LogP contribution in [-0.2, 0) is 23.0 Å². The maximum absolute atomic E-state index is 12.0. The van der Waals surface area contributed by atoms with Crippen LogP contribution in [0.3, 0.4) is 0 Å². The second kappa shape index (κ2) is 5.99. The van der Waals surface area contributed by atoms with Gasteiger partial charge in [0.25, 0.3) is 0 Å². The Morgan fingerprint density at radius 2 is 1.80 bits per heavy atom. The van der Waals surface area contributed by atoms with E-state index in [0.29, 0.717) is 31.0 Å². The van der Waals surface area contributed by atoms with Crippen molar-refractivity contribution in [2.75, 3.05) is 33.1 Å². The molecule has 0 saturated heterocycles. The van der Waals surface area contributed by atoms with Gasteiger partial charge in [-0.05, 0) is 29.7 Å². The summed E-state index contributed by atoms with van der Waals surface area (Å²) in [5.41, 5.74) is 1.98. The minimum Gasteiger partial charge on any atom is -0.493 e. The van der Waals surface area contributed by atoms with Gasteiger partial charge in [-0.3, -0.25) is 0 Å². The second-order valence-corrected chi connectivity index (χ2v) is 6.69. The average molecular weight is 301 g/mol. The first-order valence-corrected chi connectivity index (χ1v) is 7.95. The first-order chi connectivity index (χ1) is 9.51. The van der Waals surface area contributed by atoms with Crippen LogP contribution < -0.4 is 9.47 Å². The fourth-order valence-electron chi connectivity index (χ4n) is 2.34. The van der Waals surface area contributed by atoms with Gasteiger partial charge in [-0.1, -0.05) is 0 Å². The summed E-state index contributed by atoms with van der Waals surface area (Å²) in [4.78, 5) is 0. The molecule has 0 unspecified atom stereocenters. The van der Waals surface area contributed by atoms with Gasteiger partial charge in [0.05, 0.1) is 26.6 Å². The standard InChI is InChI=1S/C13H19NO5S/c1-18-12-7-10-3-4-14(20(16,17)6-5-15)9-11(10)8-13(12)19-2/h7-8,15H,3-6,9H2,1-2H3. The summed E-state index contributed by atoms with van der Waals surface area (Å²) >= 11 is 0. The molecule has 2 rings (SSSR count). The smallest absolute Gasteiger partial charge is 0.216 e. The summed E-state index contributed by atoms with van der Waals surface area (Å²) in [5.74, 6) is 1.00. The van der Waals surface area contributed by atoms with Crippen LogP contribution in [0.25, 0.3) is 0 Å².